The van der Waals surface area contributed by atoms with Crippen molar-refractivity contribution in [3.8, 4) is 5.75 Å². The molecule has 1 N–H and O–H groups in total. The van der Waals surface area contributed by atoms with Crippen LogP contribution in [-0.2, 0) is 6.61 Å². The normalized spacial score (nSPS) is 10.7. The fourth-order valence-electron chi connectivity index (χ4n) is 2.04. The number of carboxylic acid groups (broad SMARTS) is 1. The van der Waals surface area contributed by atoms with Crippen molar-refractivity contribution in [2.75, 3.05) is 0 Å². The highest BCUT2D eigenvalue weighted by molar-refractivity contribution is 6.01. The number of halogens is 1. The Morgan fingerprint density at radius 1 is 1.19 bits per heavy atom. The van der Waals surface area contributed by atoms with Crippen LogP contribution in [0.3, 0.4) is 0 Å². The predicted molar refractivity (Wildman–Crippen MR) is 73.9 cm³/mol. The minimum atomic E-state index is -1.04. The molecule has 0 amide bonds. The van der Waals surface area contributed by atoms with Gasteiger partial charge in [-0.25, -0.2) is 9.18 Å². The van der Waals surface area contributed by atoms with E-state index in [1.54, 1.807) is 18.2 Å². The minimum Gasteiger partial charge on any atom is -0.486 e. The largest absolute Gasteiger partial charge is 0.486 e. The van der Waals surface area contributed by atoms with Gasteiger partial charge < -0.3 is 14.3 Å². The van der Waals surface area contributed by atoms with Crippen molar-refractivity contribution in [1.29, 1.82) is 0 Å². The van der Waals surface area contributed by atoms with Gasteiger partial charge in [-0.2, -0.15) is 0 Å². The van der Waals surface area contributed by atoms with E-state index in [1.165, 1.54) is 30.3 Å². The Hall–Kier alpha value is -2.82. The number of benzene rings is 2. The molecule has 21 heavy (non-hydrogen) atoms. The second-order valence-electron chi connectivity index (χ2n) is 4.48. The molecule has 1 aromatic heterocycles. The molecule has 0 unspecified atom stereocenters. The molecule has 4 nitrogen and oxygen atoms in total. The highest BCUT2D eigenvalue weighted by atomic mass is 19.1. The van der Waals surface area contributed by atoms with E-state index < -0.39 is 5.97 Å². The summed E-state index contributed by atoms with van der Waals surface area (Å²) in [5.41, 5.74) is 0.434. The maximum absolute atomic E-state index is 12.8. The lowest BCUT2D eigenvalue weighted by Gasteiger charge is -2.03. The maximum Gasteiger partial charge on any atom is 0.339 e. The van der Waals surface area contributed by atoms with Crippen molar-refractivity contribution >= 4 is 16.9 Å². The lowest BCUT2D eigenvalue weighted by atomic mass is 10.1. The topological polar surface area (TPSA) is 59.7 Å². The van der Waals surface area contributed by atoms with Crippen molar-refractivity contribution in [1.82, 2.24) is 0 Å². The highest BCUT2D eigenvalue weighted by Crippen LogP contribution is 2.24. The molecule has 0 aliphatic carbocycles. The Morgan fingerprint density at radius 2 is 1.95 bits per heavy atom. The first-order chi connectivity index (χ1) is 10.1. The molecule has 0 bridgehead atoms. The van der Waals surface area contributed by atoms with Gasteiger partial charge in [0.25, 0.3) is 0 Å². The Bertz CT molecular complexity index is 790. The molecule has 0 spiro atoms. The van der Waals surface area contributed by atoms with Crippen molar-refractivity contribution in [3.63, 3.8) is 0 Å². The fourth-order valence-corrected chi connectivity index (χ4v) is 2.04. The summed E-state index contributed by atoms with van der Waals surface area (Å²) in [7, 11) is 0. The second kappa shape index (κ2) is 5.28. The highest BCUT2D eigenvalue weighted by Gasteiger charge is 2.13. The molecule has 0 saturated heterocycles. The van der Waals surface area contributed by atoms with Crippen LogP contribution in [0.25, 0.3) is 11.0 Å². The molecule has 1 heterocycles. The molecule has 2 aromatic carbocycles. The molecule has 0 atom stereocenters. The van der Waals surface area contributed by atoms with E-state index in [0.717, 1.165) is 0 Å². The Kier molecular flexibility index (Phi) is 3.31. The minimum absolute atomic E-state index is 0.112. The SMILES string of the molecule is O=C(O)c1cccc2cc(COc3ccc(F)cc3)oc12. The molecule has 0 radical (unpaired) electrons. The van der Waals surface area contributed by atoms with E-state index in [4.69, 9.17) is 14.3 Å². The van der Waals surface area contributed by atoms with Gasteiger partial charge in [0.2, 0.25) is 0 Å². The molecule has 106 valence electrons. The van der Waals surface area contributed by atoms with E-state index in [2.05, 4.69) is 0 Å². The molecular weight excluding hydrogens is 275 g/mol. The van der Waals surface area contributed by atoms with Crippen LogP contribution in [0.1, 0.15) is 16.1 Å². The van der Waals surface area contributed by atoms with Crippen LogP contribution in [0, 0.1) is 5.82 Å². The first kappa shape index (κ1) is 13.2. The molecule has 0 saturated carbocycles. The third kappa shape index (κ3) is 2.72. The number of furan rings is 1. The molecule has 3 rings (SSSR count). The quantitative estimate of drug-likeness (QED) is 0.791. The second-order valence-corrected chi connectivity index (χ2v) is 4.48. The van der Waals surface area contributed by atoms with Gasteiger partial charge in [-0.1, -0.05) is 12.1 Å². The summed E-state index contributed by atoms with van der Waals surface area (Å²) in [6, 6.07) is 12.3. The van der Waals surface area contributed by atoms with Gasteiger partial charge in [-0.05, 0) is 36.4 Å². The third-order valence-corrected chi connectivity index (χ3v) is 3.02. The van der Waals surface area contributed by atoms with Crippen LogP contribution in [0.2, 0.25) is 0 Å². The van der Waals surface area contributed by atoms with Crippen LogP contribution in [0.5, 0.6) is 5.75 Å². The van der Waals surface area contributed by atoms with Gasteiger partial charge in [-0.3, -0.25) is 0 Å². The summed E-state index contributed by atoms with van der Waals surface area (Å²) in [6.07, 6.45) is 0. The number of rotatable bonds is 4. The first-order valence-electron chi connectivity index (χ1n) is 6.26. The van der Waals surface area contributed by atoms with Crippen molar-refractivity contribution in [2.24, 2.45) is 0 Å². The summed E-state index contributed by atoms with van der Waals surface area (Å²) in [4.78, 5) is 11.1. The predicted octanol–water partition coefficient (Wildman–Crippen LogP) is 3.85. The Morgan fingerprint density at radius 3 is 2.67 bits per heavy atom. The van der Waals surface area contributed by atoms with Gasteiger partial charge in [-0.15, -0.1) is 0 Å². The Labute approximate surface area is 119 Å². The van der Waals surface area contributed by atoms with E-state index in [1.807, 2.05) is 0 Å². The van der Waals surface area contributed by atoms with Gasteiger partial charge in [0.15, 0.2) is 0 Å². The number of fused-ring (bicyclic) bond motifs is 1. The average molecular weight is 286 g/mol. The first-order valence-corrected chi connectivity index (χ1v) is 6.26. The van der Waals surface area contributed by atoms with E-state index in [9.17, 15) is 9.18 Å². The number of hydrogen-bond acceptors (Lipinski definition) is 3. The molecule has 0 aliphatic heterocycles. The number of aromatic carboxylic acids is 1. The maximum atomic E-state index is 12.8. The van der Waals surface area contributed by atoms with Crippen molar-refractivity contribution in [3.05, 3.63) is 65.7 Å². The monoisotopic (exact) mass is 286 g/mol. The summed E-state index contributed by atoms with van der Waals surface area (Å²) in [5.74, 6) is -0.364. The van der Waals surface area contributed by atoms with Gasteiger partial charge in [0.1, 0.15) is 35.1 Å². The number of carbonyl (C=O) groups is 1. The van der Waals surface area contributed by atoms with Crippen molar-refractivity contribution in [2.45, 2.75) is 6.61 Å². The zero-order valence-corrected chi connectivity index (χ0v) is 10.9. The molecule has 3 aromatic rings. The van der Waals surface area contributed by atoms with Crippen LogP contribution < -0.4 is 4.74 Å². The summed E-state index contributed by atoms with van der Waals surface area (Å²) in [6.45, 7) is 0.138. The smallest absolute Gasteiger partial charge is 0.339 e. The van der Waals surface area contributed by atoms with E-state index in [0.29, 0.717) is 22.5 Å². The van der Waals surface area contributed by atoms with Crippen LogP contribution in [0.15, 0.2) is 52.9 Å². The van der Waals surface area contributed by atoms with Crippen LogP contribution in [0.4, 0.5) is 4.39 Å². The lowest BCUT2D eigenvalue weighted by Crippen LogP contribution is -1.95. The summed E-state index contributed by atoms with van der Waals surface area (Å²) in [5, 5.41) is 9.80. The molecule has 0 aliphatic rings. The average Bonchev–Trinajstić information content (AvgIpc) is 2.89. The number of para-hydroxylation sites is 1. The lowest BCUT2D eigenvalue weighted by molar-refractivity contribution is 0.0697. The van der Waals surface area contributed by atoms with Crippen LogP contribution >= 0.6 is 0 Å². The van der Waals surface area contributed by atoms with E-state index in [-0.39, 0.29) is 18.0 Å². The Balaban J connectivity index is 1.83. The molecular formula is C16H11FO4. The zero-order chi connectivity index (χ0) is 14.8. The number of hydrogen-bond donors (Lipinski definition) is 1. The molecule has 5 heteroatoms. The summed E-state index contributed by atoms with van der Waals surface area (Å²) >= 11 is 0. The fraction of sp³-hybridized carbons (Fsp3) is 0.0625. The zero-order valence-electron chi connectivity index (χ0n) is 10.9. The van der Waals surface area contributed by atoms with Gasteiger partial charge in [0.05, 0.1) is 0 Å². The van der Waals surface area contributed by atoms with Gasteiger partial charge in [0, 0.05) is 5.39 Å². The van der Waals surface area contributed by atoms with Crippen LogP contribution in [-0.4, -0.2) is 11.1 Å². The standard InChI is InChI=1S/C16H11FO4/c17-11-4-6-12(7-5-11)20-9-13-8-10-2-1-3-14(16(18)19)15(10)21-13/h1-8H,9H2,(H,18,19). The number of carboxylic acids is 1. The molecule has 0 fully saturated rings. The third-order valence-electron chi connectivity index (χ3n) is 3.02. The van der Waals surface area contributed by atoms with E-state index >= 15 is 0 Å². The van der Waals surface area contributed by atoms with Crippen molar-refractivity contribution < 1.29 is 23.4 Å². The number of ether oxygens (including phenoxy) is 1. The van der Waals surface area contributed by atoms with Gasteiger partial charge >= 0.3 is 5.97 Å². The summed E-state index contributed by atoms with van der Waals surface area (Å²) < 4.78 is 23.8.